The van der Waals surface area contributed by atoms with Crippen LogP contribution in [0.1, 0.15) is 49.9 Å². The van der Waals surface area contributed by atoms with Gasteiger partial charge in [0, 0.05) is 10.8 Å². The van der Waals surface area contributed by atoms with Crippen LogP contribution < -0.4 is 0 Å². The molecular formula is C66H48. The highest BCUT2D eigenvalue weighted by molar-refractivity contribution is 6.28. The van der Waals surface area contributed by atoms with Gasteiger partial charge in [-0.1, -0.05) is 210 Å². The second-order valence-corrected chi connectivity index (χ2v) is 19.6. The van der Waals surface area contributed by atoms with Crippen LogP contribution in [0.15, 0.2) is 218 Å². The average Bonchev–Trinajstić information content (AvgIpc) is 3.73. The Morgan fingerprint density at radius 3 is 1.45 bits per heavy atom. The van der Waals surface area contributed by atoms with Gasteiger partial charge in [-0.2, -0.15) is 0 Å². The molecular weight excluding hydrogens is 793 g/mol. The van der Waals surface area contributed by atoms with Gasteiger partial charge in [-0.15, -0.1) is 0 Å². The molecule has 0 spiro atoms. The number of rotatable bonds is 5. The molecule has 0 heterocycles. The summed E-state index contributed by atoms with van der Waals surface area (Å²) in [5.41, 5.74) is 23.2. The molecule has 2 aliphatic rings. The Morgan fingerprint density at radius 2 is 0.742 bits per heavy atom. The van der Waals surface area contributed by atoms with Crippen LogP contribution in [0.4, 0.5) is 0 Å². The summed E-state index contributed by atoms with van der Waals surface area (Å²) in [6.45, 7) is 9.62. The first-order valence-corrected chi connectivity index (χ1v) is 23.4. The number of fused-ring (bicyclic) bond motifs is 10. The Labute approximate surface area is 387 Å². The summed E-state index contributed by atoms with van der Waals surface area (Å²) in [5, 5.41) is 7.54. The van der Waals surface area contributed by atoms with Gasteiger partial charge < -0.3 is 0 Å². The molecule has 0 bridgehead atoms. The first-order valence-electron chi connectivity index (χ1n) is 23.4. The third-order valence-corrected chi connectivity index (χ3v) is 15.2. The van der Waals surface area contributed by atoms with Crippen molar-refractivity contribution in [3.8, 4) is 77.9 Å². The minimum Gasteiger partial charge on any atom is -0.0622 e. The normalized spacial score (nSPS) is 14.0. The van der Waals surface area contributed by atoms with Crippen molar-refractivity contribution in [2.75, 3.05) is 0 Å². The quantitative estimate of drug-likeness (QED) is 0.120. The molecule has 0 saturated carbocycles. The van der Waals surface area contributed by atoms with Crippen molar-refractivity contribution in [1.29, 1.82) is 0 Å². The zero-order chi connectivity index (χ0) is 44.3. The van der Waals surface area contributed by atoms with E-state index in [9.17, 15) is 0 Å². The second-order valence-electron chi connectivity index (χ2n) is 19.6. The number of hydrogen-bond acceptors (Lipinski definition) is 0. The van der Waals surface area contributed by atoms with E-state index in [-0.39, 0.29) is 10.8 Å². The van der Waals surface area contributed by atoms with Crippen molar-refractivity contribution in [3.05, 3.63) is 241 Å². The molecule has 0 heteroatoms. The average molecular weight is 841 g/mol. The van der Waals surface area contributed by atoms with E-state index >= 15 is 0 Å². The SMILES string of the molecule is CC1(C)c2ccccc2-c2cc3c(cc21)-c1ccc(-c2cc(-c4ccccc4)cc(-c4c5ccccc5c(-c5ccccc5-c5ccccc5)c5c4ccc4ccccc45)c2)cc1C3(C)C. The van der Waals surface area contributed by atoms with Crippen LogP contribution in [0.25, 0.3) is 110 Å². The van der Waals surface area contributed by atoms with Gasteiger partial charge in [0.25, 0.3) is 0 Å². The van der Waals surface area contributed by atoms with Gasteiger partial charge in [-0.05, 0) is 169 Å². The Hall–Kier alpha value is -7.80. The van der Waals surface area contributed by atoms with Crippen molar-refractivity contribution in [2.24, 2.45) is 0 Å². The van der Waals surface area contributed by atoms with Crippen LogP contribution in [0.3, 0.4) is 0 Å². The maximum atomic E-state index is 2.52. The maximum Gasteiger partial charge on any atom is 0.0159 e. The fourth-order valence-electron chi connectivity index (χ4n) is 12.0. The molecule has 11 aromatic carbocycles. The highest BCUT2D eigenvalue weighted by Gasteiger charge is 2.41. The molecule has 0 atom stereocenters. The summed E-state index contributed by atoms with van der Waals surface area (Å²) in [5.74, 6) is 0. The summed E-state index contributed by atoms with van der Waals surface area (Å²) < 4.78 is 0. The molecule has 0 nitrogen and oxygen atoms in total. The third-order valence-electron chi connectivity index (χ3n) is 15.2. The first-order chi connectivity index (χ1) is 32.3. The molecule has 0 amide bonds. The lowest BCUT2D eigenvalue weighted by molar-refractivity contribution is 0.652. The predicted molar refractivity (Wildman–Crippen MR) is 281 cm³/mol. The zero-order valence-corrected chi connectivity index (χ0v) is 37.8. The molecule has 11 aromatic rings. The van der Waals surface area contributed by atoms with E-state index in [1.54, 1.807) is 0 Å². The summed E-state index contributed by atoms with van der Waals surface area (Å²) in [6, 6.07) is 82.1. The highest BCUT2D eigenvalue weighted by atomic mass is 14.4. The van der Waals surface area contributed by atoms with Gasteiger partial charge in [0.05, 0.1) is 0 Å². The topological polar surface area (TPSA) is 0 Å². The predicted octanol–water partition coefficient (Wildman–Crippen LogP) is 18.1. The van der Waals surface area contributed by atoms with E-state index in [1.807, 2.05) is 0 Å². The lowest BCUT2D eigenvalue weighted by Crippen LogP contribution is -2.17. The molecule has 0 unspecified atom stereocenters. The fourth-order valence-corrected chi connectivity index (χ4v) is 12.0. The fraction of sp³-hybridized carbons (Fsp3) is 0.0909. The van der Waals surface area contributed by atoms with Crippen molar-refractivity contribution in [3.63, 3.8) is 0 Å². The molecule has 0 radical (unpaired) electrons. The van der Waals surface area contributed by atoms with Crippen molar-refractivity contribution in [1.82, 2.24) is 0 Å². The van der Waals surface area contributed by atoms with Crippen LogP contribution in [0.5, 0.6) is 0 Å². The molecule has 0 N–H and O–H groups in total. The van der Waals surface area contributed by atoms with E-state index in [4.69, 9.17) is 0 Å². The molecule has 0 aliphatic heterocycles. The smallest absolute Gasteiger partial charge is 0.0159 e. The van der Waals surface area contributed by atoms with Gasteiger partial charge in [0.1, 0.15) is 0 Å². The van der Waals surface area contributed by atoms with Gasteiger partial charge in [-0.3, -0.25) is 0 Å². The van der Waals surface area contributed by atoms with Crippen molar-refractivity contribution < 1.29 is 0 Å². The van der Waals surface area contributed by atoms with E-state index < -0.39 is 0 Å². The zero-order valence-electron chi connectivity index (χ0n) is 37.8. The largest absolute Gasteiger partial charge is 0.0622 e. The Morgan fingerprint density at radius 1 is 0.242 bits per heavy atom. The molecule has 13 rings (SSSR count). The molecule has 0 fully saturated rings. The van der Waals surface area contributed by atoms with Crippen LogP contribution in [-0.2, 0) is 10.8 Å². The van der Waals surface area contributed by atoms with E-state index in [0.29, 0.717) is 0 Å². The van der Waals surface area contributed by atoms with E-state index in [1.165, 1.54) is 132 Å². The van der Waals surface area contributed by atoms with E-state index in [0.717, 1.165) is 0 Å². The molecule has 66 heavy (non-hydrogen) atoms. The minimum atomic E-state index is -0.170. The van der Waals surface area contributed by atoms with Gasteiger partial charge in [0.15, 0.2) is 0 Å². The Balaban J connectivity index is 1.06. The number of hydrogen-bond donors (Lipinski definition) is 0. The van der Waals surface area contributed by atoms with Gasteiger partial charge in [0.2, 0.25) is 0 Å². The molecule has 2 aliphatic carbocycles. The summed E-state index contributed by atoms with van der Waals surface area (Å²) in [4.78, 5) is 0. The summed E-state index contributed by atoms with van der Waals surface area (Å²) in [7, 11) is 0. The van der Waals surface area contributed by atoms with E-state index in [2.05, 4.69) is 246 Å². The lowest BCUT2D eigenvalue weighted by Gasteiger charge is -2.24. The molecule has 312 valence electrons. The molecule has 0 saturated heterocycles. The van der Waals surface area contributed by atoms with Gasteiger partial charge >= 0.3 is 0 Å². The van der Waals surface area contributed by atoms with Crippen LogP contribution in [-0.4, -0.2) is 0 Å². The Bertz CT molecular complexity index is 3790. The third kappa shape index (κ3) is 5.64. The minimum absolute atomic E-state index is 0.0494. The highest BCUT2D eigenvalue weighted by Crippen LogP contribution is 2.57. The first kappa shape index (κ1) is 38.6. The summed E-state index contributed by atoms with van der Waals surface area (Å²) in [6.07, 6.45) is 0. The van der Waals surface area contributed by atoms with Gasteiger partial charge in [-0.25, -0.2) is 0 Å². The monoisotopic (exact) mass is 840 g/mol. The Kier molecular flexibility index (Phi) is 8.40. The second kappa shape index (κ2) is 14.4. The molecule has 0 aromatic heterocycles. The standard InChI is InChI=1S/C66H48/c1-65(2)58-30-18-17-26-50(58)56-39-61-57(40-60(56)65)51-33-32-44(38-59(51)66(61,3)4)46-35-45(41-19-7-5-8-20-41)36-47(37-46)62-53-28-15-16-29-54(53)64(63-49-25-12-11-23-43(49)31-34-55(62)63)52-27-14-13-24-48(52)42-21-9-6-10-22-42/h5-40H,1-4H3. The van der Waals surface area contributed by atoms with Crippen molar-refractivity contribution in [2.45, 2.75) is 38.5 Å². The van der Waals surface area contributed by atoms with Crippen LogP contribution >= 0.6 is 0 Å². The van der Waals surface area contributed by atoms with Crippen LogP contribution in [0.2, 0.25) is 0 Å². The number of benzene rings is 11. The van der Waals surface area contributed by atoms with Crippen molar-refractivity contribution >= 4 is 32.3 Å². The maximum absolute atomic E-state index is 2.52. The summed E-state index contributed by atoms with van der Waals surface area (Å²) >= 11 is 0. The lowest BCUT2D eigenvalue weighted by atomic mass is 9.79. The van der Waals surface area contributed by atoms with Crippen LogP contribution in [0, 0.1) is 0 Å².